The first-order chi connectivity index (χ1) is 17.1. The third-order valence-corrected chi connectivity index (χ3v) is 5.78. The number of hydrogen-bond acceptors (Lipinski definition) is 5. The molecule has 5 N–H and O–H groups in total. The lowest BCUT2D eigenvalue weighted by Crippen LogP contribution is -2.23. The van der Waals surface area contributed by atoms with E-state index in [-0.39, 0.29) is 6.10 Å². The molecule has 0 aliphatic carbocycles. The monoisotopic (exact) mass is 476 g/mol. The Morgan fingerprint density at radius 2 is 1.77 bits per heavy atom. The summed E-state index contributed by atoms with van der Waals surface area (Å²) in [5.41, 5.74) is 7.00. The lowest BCUT2D eigenvalue weighted by Gasteiger charge is -2.16. The summed E-state index contributed by atoms with van der Waals surface area (Å²) in [5, 5.41) is 26.7. The fraction of sp³-hybridized carbons (Fsp3) is 0.321. The van der Waals surface area contributed by atoms with Crippen LogP contribution >= 0.6 is 0 Å². The highest BCUT2D eigenvalue weighted by Gasteiger charge is 2.23. The van der Waals surface area contributed by atoms with Gasteiger partial charge in [-0.2, -0.15) is 0 Å². The summed E-state index contributed by atoms with van der Waals surface area (Å²) >= 11 is 0. The van der Waals surface area contributed by atoms with Crippen LogP contribution in [0.5, 0.6) is 5.75 Å². The topological polar surface area (TPSA) is 123 Å². The van der Waals surface area contributed by atoms with Gasteiger partial charge in [0.15, 0.2) is 0 Å². The van der Waals surface area contributed by atoms with E-state index in [0.717, 1.165) is 46.2 Å². The van der Waals surface area contributed by atoms with Crippen molar-refractivity contribution in [3.63, 3.8) is 0 Å². The van der Waals surface area contributed by atoms with Crippen molar-refractivity contribution in [3.8, 4) is 5.75 Å². The van der Waals surface area contributed by atoms with Crippen LogP contribution in [0.3, 0.4) is 0 Å². The second-order valence-electron chi connectivity index (χ2n) is 7.90. The predicted octanol–water partition coefficient (Wildman–Crippen LogP) is 4.91. The quantitative estimate of drug-likeness (QED) is 0.272. The van der Waals surface area contributed by atoms with Gasteiger partial charge in [0.1, 0.15) is 11.9 Å². The normalized spacial score (nSPS) is 15.2. The molecule has 0 spiro atoms. The summed E-state index contributed by atoms with van der Waals surface area (Å²) in [5.74, 6) is -0.800. The van der Waals surface area contributed by atoms with Gasteiger partial charge in [-0.25, -0.2) is 0 Å². The molecule has 2 atom stereocenters. The molecule has 1 aliphatic heterocycles. The maximum atomic E-state index is 12.0. The number of benzene rings is 3. The van der Waals surface area contributed by atoms with Crippen LogP contribution in [0, 0.1) is 10.8 Å². The first-order valence-corrected chi connectivity index (χ1v) is 11.9. The number of nitrogens with one attached hydrogen (secondary N) is 2. The van der Waals surface area contributed by atoms with Gasteiger partial charge in [0.2, 0.25) is 0 Å². The number of rotatable bonds is 8. The molecule has 3 aromatic rings. The number of likely N-dealkylation sites (tertiary alicyclic amines) is 1. The molecule has 7 nitrogen and oxygen atoms in total. The molecular formula is C28H36N4O3. The number of carboxylic acids is 1. The van der Waals surface area contributed by atoms with E-state index in [2.05, 4.69) is 5.73 Å². The highest BCUT2D eigenvalue weighted by Crippen LogP contribution is 2.27. The Hall–Kier alpha value is -3.71. The lowest BCUT2D eigenvalue weighted by atomic mass is 9.91. The van der Waals surface area contributed by atoms with Crippen molar-refractivity contribution in [2.75, 3.05) is 20.1 Å². The maximum absolute atomic E-state index is 12.0. The lowest BCUT2D eigenvalue weighted by molar-refractivity contribution is -0.138. The first-order valence-electron chi connectivity index (χ1n) is 11.9. The Labute approximate surface area is 207 Å². The number of hydrogen-bond donors (Lipinski definition) is 4. The van der Waals surface area contributed by atoms with E-state index < -0.39 is 11.9 Å². The standard InChI is InChI=1S/C25H25N3O3.C2H6.CH5N/c26-14-18-2-4-19-3-1-17(11-21(19)12-18)13-24(25(29)30)20-5-7-22(8-6-20)31-23-9-10-28(15-23)16-27;2*1-2/h1-8,11-12,14,16,23-24,26-27H,9-10,13,15H2,(H,29,30);1-2H3;2H2,1H3. The van der Waals surface area contributed by atoms with Gasteiger partial charge < -0.3 is 25.9 Å². The van der Waals surface area contributed by atoms with Gasteiger partial charge in [-0.15, -0.1) is 0 Å². The molecular weight excluding hydrogens is 440 g/mol. The van der Waals surface area contributed by atoms with E-state index in [9.17, 15) is 9.90 Å². The molecule has 0 radical (unpaired) electrons. The van der Waals surface area contributed by atoms with Crippen molar-refractivity contribution in [3.05, 3.63) is 77.4 Å². The molecule has 3 aromatic carbocycles. The number of aliphatic carboxylic acids is 1. The van der Waals surface area contributed by atoms with Crippen molar-refractivity contribution in [2.45, 2.75) is 38.7 Å². The van der Waals surface area contributed by atoms with E-state index in [0.29, 0.717) is 13.0 Å². The average molecular weight is 477 g/mol. The molecule has 0 bridgehead atoms. The molecule has 2 unspecified atom stereocenters. The molecule has 7 heteroatoms. The zero-order chi connectivity index (χ0) is 25.8. The van der Waals surface area contributed by atoms with E-state index in [1.807, 2.05) is 79.4 Å². The Morgan fingerprint density at radius 3 is 2.37 bits per heavy atom. The molecule has 0 amide bonds. The number of carboxylic acid groups (broad SMARTS) is 1. The number of nitrogens with zero attached hydrogens (tertiary/aromatic N) is 1. The second-order valence-corrected chi connectivity index (χ2v) is 7.90. The summed E-state index contributed by atoms with van der Waals surface area (Å²) in [6.07, 6.45) is 3.95. The minimum Gasteiger partial charge on any atom is -0.489 e. The molecule has 1 heterocycles. The molecule has 1 saturated heterocycles. The Kier molecular flexibility index (Phi) is 10.9. The second kappa shape index (κ2) is 13.9. The van der Waals surface area contributed by atoms with Crippen LogP contribution in [-0.2, 0) is 11.2 Å². The van der Waals surface area contributed by atoms with Gasteiger partial charge in [-0.05, 0) is 59.1 Å². The van der Waals surface area contributed by atoms with E-state index in [1.165, 1.54) is 19.6 Å². The predicted molar refractivity (Wildman–Crippen MR) is 143 cm³/mol. The largest absolute Gasteiger partial charge is 0.489 e. The van der Waals surface area contributed by atoms with Crippen LogP contribution in [-0.4, -0.2) is 54.8 Å². The van der Waals surface area contributed by atoms with Crippen LogP contribution in [0.2, 0.25) is 0 Å². The van der Waals surface area contributed by atoms with Gasteiger partial charge in [0.05, 0.1) is 18.8 Å². The van der Waals surface area contributed by atoms with Crippen molar-refractivity contribution >= 4 is 29.3 Å². The van der Waals surface area contributed by atoms with Gasteiger partial charge >= 0.3 is 5.97 Å². The molecule has 0 aromatic heterocycles. The summed E-state index contributed by atoms with van der Waals surface area (Å²) in [6, 6.07) is 19.1. The van der Waals surface area contributed by atoms with Crippen molar-refractivity contribution < 1.29 is 14.6 Å². The average Bonchev–Trinajstić information content (AvgIpc) is 3.37. The fourth-order valence-electron chi connectivity index (χ4n) is 4.05. The smallest absolute Gasteiger partial charge is 0.311 e. The minimum absolute atomic E-state index is 0.0474. The highest BCUT2D eigenvalue weighted by atomic mass is 16.5. The Morgan fingerprint density at radius 1 is 1.09 bits per heavy atom. The molecule has 4 rings (SSSR count). The van der Waals surface area contributed by atoms with Crippen LogP contribution in [0.15, 0.2) is 60.7 Å². The third kappa shape index (κ3) is 7.39. The van der Waals surface area contributed by atoms with Crippen LogP contribution in [0.25, 0.3) is 10.8 Å². The molecule has 1 fully saturated rings. The number of ether oxygens (including phenoxy) is 1. The van der Waals surface area contributed by atoms with E-state index in [1.54, 1.807) is 0 Å². The first kappa shape index (κ1) is 27.5. The van der Waals surface area contributed by atoms with Crippen molar-refractivity contribution in [1.29, 1.82) is 10.8 Å². The van der Waals surface area contributed by atoms with Gasteiger partial charge in [0, 0.05) is 19.2 Å². The molecule has 35 heavy (non-hydrogen) atoms. The number of nitrogens with two attached hydrogens (primary N) is 1. The van der Waals surface area contributed by atoms with Gasteiger partial charge in [-0.1, -0.05) is 56.3 Å². The maximum Gasteiger partial charge on any atom is 0.311 e. The zero-order valence-corrected chi connectivity index (χ0v) is 20.7. The van der Waals surface area contributed by atoms with Crippen molar-refractivity contribution in [1.82, 2.24) is 4.90 Å². The number of carbonyl (C=O) groups is 1. The number of fused-ring (bicyclic) bond motifs is 1. The molecule has 1 aliphatic rings. The summed E-state index contributed by atoms with van der Waals surface area (Å²) in [6.45, 7) is 5.52. The third-order valence-electron chi connectivity index (χ3n) is 5.78. The molecule has 186 valence electrons. The highest BCUT2D eigenvalue weighted by molar-refractivity contribution is 5.90. The Bertz CT molecular complexity index is 1110. The van der Waals surface area contributed by atoms with Crippen LogP contribution in [0.4, 0.5) is 0 Å². The Balaban J connectivity index is 0.00000103. The zero-order valence-electron chi connectivity index (χ0n) is 20.7. The van der Waals surface area contributed by atoms with E-state index in [4.69, 9.17) is 15.6 Å². The van der Waals surface area contributed by atoms with E-state index >= 15 is 0 Å². The fourth-order valence-corrected chi connectivity index (χ4v) is 4.05. The van der Waals surface area contributed by atoms with Crippen molar-refractivity contribution in [2.24, 2.45) is 5.73 Å². The molecule has 0 saturated carbocycles. The van der Waals surface area contributed by atoms with Gasteiger partial charge in [-0.3, -0.25) is 10.2 Å². The summed E-state index contributed by atoms with van der Waals surface area (Å²) < 4.78 is 5.98. The SMILES string of the molecule is CC.CN.N=Cc1ccc2ccc(CC(C(=O)O)c3ccc(OC4CCN(C=N)C4)cc3)cc2c1. The van der Waals surface area contributed by atoms with Gasteiger partial charge in [0.25, 0.3) is 0 Å². The minimum atomic E-state index is -0.862. The summed E-state index contributed by atoms with van der Waals surface area (Å²) in [7, 11) is 1.50. The van der Waals surface area contributed by atoms with Crippen LogP contribution < -0.4 is 10.5 Å². The summed E-state index contributed by atoms with van der Waals surface area (Å²) in [4.78, 5) is 13.9. The van der Waals surface area contributed by atoms with Crippen LogP contribution in [0.1, 0.15) is 42.9 Å².